The maximum atomic E-state index is 12.8. The molecule has 0 saturated carbocycles. The van der Waals surface area contributed by atoms with E-state index in [2.05, 4.69) is 129 Å². The summed E-state index contributed by atoms with van der Waals surface area (Å²) in [6.45, 7) is 21.2. The molecule has 758 valence electrons. The third-order valence-corrected chi connectivity index (χ3v) is 21.1. The van der Waals surface area contributed by atoms with Crippen LogP contribution in [0.4, 0.5) is 47.6 Å². The number of benzene rings is 8. The molecule has 8 aromatic carbocycles. The molecule has 11 N–H and O–H groups in total. The number of aliphatic hydroxyl groups is 1. The van der Waals surface area contributed by atoms with Crippen LogP contribution in [-0.4, -0.2) is 157 Å². The van der Waals surface area contributed by atoms with Crippen molar-refractivity contribution in [1.82, 2.24) is 5.32 Å². The molecule has 0 saturated heterocycles. The third-order valence-electron chi connectivity index (χ3n) is 21.1. The van der Waals surface area contributed by atoms with Gasteiger partial charge in [-0.2, -0.15) is 0 Å². The van der Waals surface area contributed by atoms with E-state index in [1.807, 2.05) is 60.7 Å². The summed E-state index contributed by atoms with van der Waals surface area (Å²) in [7, 11) is 7.71. The average molecular weight is 1910 g/mol. The van der Waals surface area contributed by atoms with Gasteiger partial charge >= 0.3 is 42.3 Å². The molecule has 28 nitrogen and oxygen atoms in total. The molecule has 0 unspecified atom stereocenters. The predicted octanol–water partition coefficient (Wildman–Crippen LogP) is 25.0. The monoisotopic (exact) mass is 1910 g/mol. The van der Waals surface area contributed by atoms with Gasteiger partial charge in [0.2, 0.25) is 0 Å². The van der Waals surface area contributed by atoms with E-state index in [0.717, 1.165) is 212 Å². The average Bonchev–Trinajstić information content (AvgIpc) is 0.782. The third kappa shape index (κ3) is 55.4. The molecule has 0 spiro atoms. The molecule has 9 rings (SSSR count). The van der Waals surface area contributed by atoms with Gasteiger partial charge in [-0.15, -0.1) is 0 Å². The van der Waals surface area contributed by atoms with Crippen molar-refractivity contribution in [2.45, 2.75) is 273 Å². The van der Waals surface area contributed by atoms with E-state index in [-0.39, 0.29) is 35.6 Å². The van der Waals surface area contributed by atoms with Crippen LogP contribution < -0.4 is 52.3 Å². The number of rotatable bonds is 48. The van der Waals surface area contributed by atoms with Gasteiger partial charge in [-0.25, -0.2) is 33.6 Å². The number of nitrogen functional groups attached to an aromatic ring is 1. The number of nitrogens with zero attached hydrogens (tertiary/aromatic N) is 1. The number of hydrogen-bond acceptors (Lipinski definition) is 22. The standard InChI is InChI=1S/C26H36N2O4.C26H34N2O3.C14H19NO4.C13H17NO4.C13H21NO.C8H9NO2.C5H12O.C5H10O/c1-4-6-8-17-32-26(30)28-22-15-13-21(14-16-22)25(29)27-23(11-7-5-2)18-20-10-9-12-24(19-20)31-3;1-4-6-8-16-31-26(29)28-21-12-10-19(11-13-21)25-24-15-14-23(30-3)18-20(24)17-22(27-25)9-7-5-2;1-3-4-5-10-19-14(17)15-12-8-6-11(7-9-12)13(16)18-2;1-2-3-4-9-18-13(17)14-11-7-5-10(6-8-11)12(15)16;1-3-4-7-12(14)9-11-6-5-8-13(10-11)15-2;1-11-8(10)6-2-4-7(9)5-3-6;2*1-2-3-4-5-6/h9-10,12-16,19,23H,4-8,11,17-18H2,1-3H3,(H,27,29)(H,28,30);10-15,18,22H,4-9,16-17H2,1-3H3,(H,28,29);6-9H,3-5,10H2,1-2H3,(H,15,17);5-8H,2-4,9H2,1H3,(H,14,17)(H,15,16);5-6,8,10,12H,3-4,7,9,14H2,1-2H3;2-5H,9H2,1H3;6H,2-5H2,1H3;5H,2-4H2,1H3/t23-;22-;;;12-;;;/m00..0.../s1. The minimum atomic E-state index is -0.997. The van der Waals surface area contributed by atoms with Gasteiger partial charge in [-0.1, -0.05) is 208 Å². The minimum absolute atomic E-state index is 0.0328. The zero-order valence-corrected chi connectivity index (χ0v) is 84.3. The number of ether oxygens (including phenoxy) is 9. The van der Waals surface area contributed by atoms with E-state index in [1.54, 1.807) is 94.1 Å². The number of nitrogens with two attached hydrogens (primary N) is 2. The number of aromatic carboxylic acids is 1. The fraction of sp³-hybridized carbons (Fsp3) is 0.473. The van der Waals surface area contributed by atoms with Crippen LogP contribution in [0.25, 0.3) is 0 Å². The van der Waals surface area contributed by atoms with Crippen molar-refractivity contribution in [3.05, 3.63) is 238 Å². The lowest BCUT2D eigenvalue weighted by Gasteiger charge is -2.24. The molecular weight excluding hydrogens is 1750 g/mol. The fourth-order valence-corrected chi connectivity index (χ4v) is 13.2. The number of carboxylic acid groups (broad SMARTS) is 1. The lowest BCUT2D eigenvalue weighted by molar-refractivity contribution is -0.107. The Hall–Kier alpha value is -12.8. The lowest BCUT2D eigenvalue weighted by atomic mass is 9.88. The first-order chi connectivity index (χ1) is 66.8. The zero-order valence-electron chi connectivity index (χ0n) is 84.3. The van der Waals surface area contributed by atoms with E-state index in [4.69, 9.17) is 59.8 Å². The minimum Gasteiger partial charge on any atom is -0.497 e. The second kappa shape index (κ2) is 77.2. The second-order valence-corrected chi connectivity index (χ2v) is 32.7. The van der Waals surface area contributed by atoms with Crippen molar-refractivity contribution in [3.8, 4) is 17.2 Å². The van der Waals surface area contributed by atoms with Crippen LogP contribution in [0.1, 0.15) is 305 Å². The summed E-state index contributed by atoms with van der Waals surface area (Å²) in [4.78, 5) is 107. The summed E-state index contributed by atoms with van der Waals surface area (Å²) in [5.41, 5.74) is 23.1. The molecule has 1 aliphatic rings. The van der Waals surface area contributed by atoms with Crippen LogP contribution in [0.3, 0.4) is 0 Å². The van der Waals surface area contributed by atoms with Crippen molar-refractivity contribution in [2.75, 3.05) is 95.6 Å². The molecule has 5 amide bonds. The summed E-state index contributed by atoms with van der Waals surface area (Å²) in [5, 5.41) is 30.7. The van der Waals surface area contributed by atoms with Crippen molar-refractivity contribution < 1.29 is 96.0 Å². The highest BCUT2D eigenvalue weighted by Gasteiger charge is 2.24. The van der Waals surface area contributed by atoms with Crippen molar-refractivity contribution in [1.29, 1.82) is 0 Å². The Morgan fingerprint density at radius 3 is 1.17 bits per heavy atom. The molecule has 138 heavy (non-hydrogen) atoms. The molecular formula is C110H158N8O20. The molecule has 0 fully saturated rings. The first-order valence-electron chi connectivity index (χ1n) is 48.9. The molecule has 0 bridgehead atoms. The number of esters is 2. The summed E-state index contributed by atoms with van der Waals surface area (Å²) in [6.07, 6.45) is 29.9. The highest BCUT2D eigenvalue weighted by atomic mass is 16.6. The maximum Gasteiger partial charge on any atom is 0.411 e. The quantitative estimate of drug-likeness (QED) is 0.00562. The Bertz CT molecular complexity index is 4690. The van der Waals surface area contributed by atoms with E-state index >= 15 is 0 Å². The van der Waals surface area contributed by atoms with Gasteiger partial charge in [0.15, 0.2) is 0 Å². The Morgan fingerprint density at radius 2 is 0.797 bits per heavy atom. The number of aliphatic imine (C=N–C) groups is 1. The fourth-order valence-electron chi connectivity index (χ4n) is 13.2. The number of aliphatic hydroxyl groups excluding tert-OH is 1. The molecule has 0 radical (unpaired) electrons. The van der Waals surface area contributed by atoms with Crippen LogP contribution in [0.2, 0.25) is 0 Å². The Balaban J connectivity index is 0.000000562. The number of carboxylic acids is 1. The summed E-state index contributed by atoms with van der Waals surface area (Å²) in [5.74, 6) is 0.738. The molecule has 0 aliphatic carbocycles. The van der Waals surface area contributed by atoms with Gasteiger partial charge in [0.1, 0.15) is 23.5 Å². The highest BCUT2D eigenvalue weighted by molar-refractivity contribution is 6.14. The smallest absolute Gasteiger partial charge is 0.411 e. The predicted molar refractivity (Wildman–Crippen MR) is 554 cm³/mol. The summed E-state index contributed by atoms with van der Waals surface area (Å²) in [6, 6.07) is 56.5. The number of carbonyl (C=O) groups excluding carboxylic acids is 8. The maximum absolute atomic E-state index is 12.8. The van der Waals surface area contributed by atoms with Crippen LogP contribution >= 0.6 is 0 Å². The largest absolute Gasteiger partial charge is 0.497 e. The van der Waals surface area contributed by atoms with Crippen LogP contribution in [0.5, 0.6) is 17.2 Å². The Labute approximate surface area is 820 Å². The number of nitrogens with one attached hydrogen (secondary N) is 5. The van der Waals surface area contributed by atoms with Crippen LogP contribution in [0, 0.1) is 0 Å². The zero-order chi connectivity index (χ0) is 102. The van der Waals surface area contributed by atoms with Crippen molar-refractivity contribution >= 4 is 88.6 Å². The first-order valence-corrected chi connectivity index (χ1v) is 48.9. The Morgan fingerprint density at radius 1 is 0.420 bits per heavy atom. The lowest BCUT2D eigenvalue weighted by Crippen LogP contribution is -2.36. The SMILES string of the molecule is CCCCC=O.CCCCCO.CCCCCOC(=O)Nc1ccc(C(=O)N[C@@H](CCCC)Cc2cccc(OC)c2)cc1.CCCCCOC(=O)Nc1ccc(C(=O)O)cc1.CCCCCOC(=O)Nc1ccc(C(=O)OC)cc1.CCCCCOC(=O)Nc1ccc(C2=N[C@@H](CCCC)Cc3cc(OC)ccc32)cc1.CCCC[C@H](N)Cc1cccc(OC)c1.COC(=O)c1ccc(N)cc1. The topological polar surface area (TPSA) is 402 Å². The normalized spacial score (nSPS) is 11.5. The van der Waals surface area contributed by atoms with Crippen molar-refractivity contribution in [2.24, 2.45) is 10.7 Å². The van der Waals surface area contributed by atoms with Gasteiger partial charge in [-0.3, -0.25) is 31.1 Å². The number of amides is 5. The number of carbonyl (C=O) groups is 9. The van der Waals surface area contributed by atoms with E-state index < -0.39 is 36.3 Å². The first kappa shape index (κ1) is 121. The molecule has 3 atom stereocenters. The Kier molecular flexibility index (Phi) is 67.9. The van der Waals surface area contributed by atoms with Gasteiger partial charge in [0, 0.05) is 70.2 Å². The molecule has 28 heteroatoms. The van der Waals surface area contributed by atoms with E-state index in [9.17, 15) is 43.2 Å². The number of unbranched alkanes of at least 4 members (excludes halogenated alkanes) is 15. The van der Waals surface area contributed by atoms with Gasteiger partial charge in [-0.05, 0) is 245 Å². The molecule has 0 aromatic heterocycles. The highest BCUT2D eigenvalue weighted by Crippen LogP contribution is 2.30. The molecule has 1 heterocycles. The van der Waals surface area contributed by atoms with E-state index in [1.165, 1.54) is 81.7 Å². The van der Waals surface area contributed by atoms with Gasteiger partial charge in [0.05, 0.1) is 90.4 Å². The van der Waals surface area contributed by atoms with E-state index in [0.29, 0.717) is 72.5 Å². The summed E-state index contributed by atoms with van der Waals surface area (Å²) >= 11 is 0. The number of methoxy groups -OCH3 is 5. The van der Waals surface area contributed by atoms with Crippen LogP contribution in [0.15, 0.2) is 193 Å². The van der Waals surface area contributed by atoms with Crippen LogP contribution in [-0.2, 0) is 52.5 Å². The van der Waals surface area contributed by atoms with Crippen molar-refractivity contribution in [3.63, 3.8) is 0 Å². The van der Waals surface area contributed by atoms with Gasteiger partial charge < -0.3 is 74.4 Å². The number of anilines is 5. The summed E-state index contributed by atoms with van der Waals surface area (Å²) < 4.78 is 45.4. The van der Waals surface area contributed by atoms with Gasteiger partial charge in [0.25, 0.3) is 5.91 Å². The number of fused-ring (bicyclic) bond motifs is 1. The second-order valence-electron chi connectivity index (χ2n) is 32.7. The molecule has 1 aliphatic heterocycles. The number of hydrogen-bond donors (Lipinski definition) is 9. The number of aldehydes is 1. The molecule has 8 aromatic rings.